The standard InChI is InChI=1S/C14H12N4O7S2/c19-8(20)3-25-17-9(6-4-26-5-15-6)11(21)16-10-12(22)18-7(14(23)24)1-2-27-13(10)18/h1,4-5,10,13H,2-3H2,(H,16,21)(H,19,20)(H,23,24)/t10?,13-/m1/s1. The molecule has 3 rings (SSSR count). The van der Waals surface area contributed by atoms with Crippen LogP contribution in [-0.4, -0.2) is 73.3 Å². The summed E-state index contributed by atoms with van der Waals surface area (Å²) in [5.74, 6) is -3.44. The second-order valence-corrected chi connectivity index (χ2v) is 7.13. The largest absolute Gasteiger partial charge is 0.479 e. The smallest absolute Gasteiger partial charge is 0.352 e. The predicted octanol–water partition coefficient (Wildman–Crippen LogP) is -0.683. The van der Waals surface area contributed by atoms with E-state index in [0.717, 1.165) is 4.90 Å². The van der Waals surface area contributed by atoms with Crippen LogP contribution in [0.1, 0.15) is 5.69 Å². The van der Waals surface area contributed by atoms with E-state index in [1.807, 2.05) is 0 Å². The Kier molecular flexibility index (Phi) is 5.41. The molecule has 1 fully saturated rings. The molecule has 1 saturated heterocycles. The van der Waals surface area contributed by atoms with Gasteiger partial charge in [-0.1, -0.05) is 5.16 Å². The fourth-order valence-electron chi connectivity index (χ4n) is 2.43. The minimum Gasteiger partial charge on any atom is -0.479 e. The molecule has 0 aliphatic carbocycles. The lowest BCUT2D eigenvalue weighted by molar-refractivity contribution is -0.150. The van der Waals surface area contributed by atoms with Gasteiger partial charge in [0.2, 0.25) is 6.61 Å². The first-order chi connectivity index (χ1) is 12.9. The Balaban J connectivity index is 1.73. The number of carbonyl (C=O) groups excluding carboxylic acids is 2. The third-order valence-corrected chi connectivity index (χ3v) is 5.36. The molecular weight excluding hydrogens is 400 g/mol. The van der Waals surface area contributed by atoms with E-state index < -0.39 is 41.8 Å². The maximum atomic E-state index is 12.5. The monoisotopic (exact) mass is 412 g/mol. The number of carboxylic acids is 2. The summed E-state index contributed by atoms with van der Waals surface area (Å²) in [5.41, 5.74) is 1.21. The van der Waals surface area contributed by atoms with E-state index in [4.69, 9.17) is 10.2 Å². The van der Waals surface area contributed by atoms with Crippen molar-refractivity contribution in [2.45, 2.75) is 11.4 Å². The average molecular weight is 412 g/mol. The lowest BCUT2D eigenvalue weighted by Crippen LogP contribution is -2.70. The maximum Gasteiger partial charge on any atom is 0.352 e. The molecule has 0 radical (unpaired) electrons. The number of thioether (sulfide) groups is 1. The molecule has 3 N–H and O–H groups in total. The summed E-state index contributed by atoms with van der Waals surface area (Å²) in [6.45, 7) is -0.748. The van der Waals surface area contributed by atoms with Crippen molar-refractivity contribution in [3.05, 3.63) is 28.4 Å². The van der Waals surface area contributed by atoms with E-state index in [2.05, 4.69) is 20.3 Å². The molecule has 13 heteroatoms. The average Bonchev–Trinajstić information content (AvgIpc) is 3.16. The van der Waals surface area contributed by atoms with Crippen molar-refractivity contribution >= 4 is 52.6 Å². The zero-order chi connectivity index (χ0) is 19.6. The first-order valence-corrected chi connectivity index (χ1v) is 9.38. The van der Waals surface area contributed by atoms with Gasteiger partial charge in [-0.2, -0.15) is 0 Å². The third kappa shape index (κ3) is 3.78. The molecule has 1 aromatic rings. The number of rotatable bonds is 7. The Morgan fingerprint density at radius 2 is 2.19 bits per heavy atom. The molecule has 0 saturated carbocycles. The van der Waals surface area contributed by atoms with Gasteiger partial charge in [-0.15, -0.1) is 23.1 Å². The minimum absolute atomic E-state index is 0.118. The molecule has 0 bridgehead atoms. The molecule has 2 aliphatic heterocycles. The molecule has 3 heterocycles. The number of oxime groups is 1. The van der Waals surface area contributed by atoms with E-state index >= 15 is 0 Å². The van der Waals surface area contributed by atoms with E-state index in [9.17, 15) is 19.2 Å². The van der Waals surface area contributed by atoms with Crippen LogP contribution in [0.2, 0.25) is 0 Å². The van der Waals surface area contributed by atoms with Crippen LogP contribution in [0.15, 0.2) is 27.8 Å². The molecule has 142 valence electrons. The Morgan fingerprint density at radius 1 is 1.41 bits per heavy atom. The zero-order valence-electron chi connectivity index (χ0n) is 13.4. The second kappa shape index (κ2) is 7.75. The first-order valence-electron chi connectivity index (χ1n) is 7.39. The van der Waals surface area contributed by atoms with Gasteiger partial charge in [0.1, 0.15) is 22.8 Å². The number of β-lactam (4-membered cyclic amide) rings is 1. The Bertz CT molecular complexity index is 852. The number of hydrogen-bond donors (Lipinski definition) is 3. The normalized spacial score (nSPS) is 21.6. The van der Waals surface area contributed by atoms with Gasteiger partial charge in [-0.05, 0) is 6.08 Å². The lowest BCUT2D eigenvalue weighted by atomic mass is 10.0. The van der Waals surface area contributed by atoms with Crippen LogP contribution in [0.4, 0.5) is 0 Å². The van der Waals surface area contributed by atoms with Gasteiger partial charge < -0.3 is 20.4 Å². The van der Waals surface area contributed by atoms with Crippen molar-refractivity contribution in [3.63, 3.8) is 0 Å². The van der Waals surface area contributed by atoms with Gasteiger partial charge in [0, 0.05) is 11.1 Å². The third-order valence-electron chi connectivity index (χ3n) is 3.59. The second-order valence-electron chi connectivity index (χ2n) is 5.26. The van der Waals surface area contributed by atoms with Gasteiger partial charge >= 0.3 is 11.9 Å². The molecule has 2 aliphatic rings. The number of aromatic nitrogens is 1. The van der Waals surface area contributed by atoms with Gasteiger partial charge in [-0.25, -0.2) is 14.6 Å². The number of fused-ring (bicyclic) bond motifs is 1. The van der Waals surface area contributed by atoms with Gasteiger partial charge in [0.15, 0.2) is 5.71 Å². The number of carbonyl (C=O) groups is 4. The summed E-state index contributed by atoms with van der Waals surface area (Å²) in [6.07, 6.45) is 1.43. The highest BCUT2D eigenvalue weighted by Gasteiger charge is 2.53. The molecule has 1 aromatic heterocycles. The summed E-state index contributed by atoms with van der Waals surface area (Å²) in [6, 6.07) is -0.936. The van der Waals surface area contributed by atoms with Crippen LogP contribution >= 0.6 is 23.1 Å². The number of thiazole rings is 1. The highest BCUT2D eigenvalue weighted by molar-refractivity contribution is 8.00. The Morgan fingerprint density at radius 3 is 2.81 bits per heavy atom. The van der Waals surface area contributed by atoms with Crippen molar-refractivity contribution in [1.29, 1.82) is 0 Å². The molecule has 0 aromatic carbocycles. The number of amides is 2. The number of carboxylic acid groups (broad SMARTS) is 2. The van der Waals surface area contributed by atoms with Crippen LogP contribution in [0.3, 0.4) is 0 Å². The first kappa shape index (κ1) is 18.8. The molecular formula is C14H12N4O7S2. The van der Waals surface area contributed by atoms with Gasteiger partial charge in [0.05, 0.1) is 5.51 Å². The van der Waals surface area contributed by atoms with Crippen LogP contribution < -0.4 is 5.32 Å². The summed E-state index contributed by atoms with van der Waals surface area (Å²) in [7, 11) is 0. The van der Waals surface area contributed by atoms with Gasteiger partial charge in [0.25, 0.3) is 11.8 Å². The summed E-state index contributed by atoms with van der Waals surface area (Å²) in [4.78, 5) is 56.2. The highest BCUT2D eigenvalue weighted by atomic mass is 32.2. The number of hydrogen-bond acceptors (Lipinski definition) is 9. The van der Waals surface area contributed by atoms with Crippen molar-refractivity contribution < 1.29 is 34.2 Å². The van der Waals surface area contributed by atoms with E-state index in [1.165, 1.54) is 40.1 Å². The summed E-state index contributed by atoms with van der Waals surface area (Å²) < 4.78 is 0. The quantitative estimate of drug-likeness (QED) is 0.299. The van der Waals surface area contributed by atoms with Crippen molar-refractivity contribution in [2.75, 3.05) is 12.4 Å². The number of aliphatic carboxylic acids is 2. The molecule has 2 atom stereocenters. The maximum absolute atomic E-state index is 12.5. The van der Waals surface area contributed by atoms with Crippen molar-refractivity contribution in [2.24, 2.45) is 5.16 Å². The van der Waals surface area contributed by atoms with Crippen LogP contribution in [-0.2, 0) is 24.0 Å². The SMILES string of the molecule is O=C(O)CON=C(C(=O)NC1C(=O)N2C(C(=O)O)=CCS[C@H]12)c1cscn1. The topological polar surface area (TPSA) is 158 Å². The minimum atomic E-state index is -1.27. The Hall–Kier alpha value is -2.93. The molecule has 0 spiro atoms. The van der Waals surface area contributed by atoms with Crippen LogP contribution in [0, 0.1) is 0 Å². The molecule has 27 heavy (non-hydrogen) atoms. The van der Waals surface area contributed by atoms with E-state index in [-0.39, 0.29) is 17.1 Å². The van der Waals surface area contributed by atoms with Crippen LogP contribution in [0.25, 0.3) is 0 Å². The predicted molar refractivity (Wildman–Crippen MR) is 93.0 cm³/mol. The summed E-state index contributed by atoms with van der Waals surface area (Å²) in [5, 5.41) is 24.7. The van der Waals surface area contributed by atoms with Crippen molar-refractivity contribution in [1.82, 2.24) is 15.2 Å². The van der Waals surface area contributed by atoms with E-state index in [0.29, 0.717) is 5.75 Å². The zero-order valence-corrected chi connectivity index (χ0v) is 15.0. The molecule has 11 nitrogen and oxygen atoms in total. The lowest BCUT2D eigenvalue weighted by Gasteiger charge is -2.48. The van der Waals surface area contributed by atoms with Crippen LogP contribution in [0.5, 0.6) is 0 Å². The van der Waals surface area contributed by atoms with Gasteiger partial charge in [-0.3, -0.25) is 14.5 Å². The molecule has 2 amide bonds. The highest BCUT2D eigenvalue weighted by Crippen LogP contribution is 2.37. The van der Waals surface area contributed by atoms with E-state index in [1.54, 1.807) is 0 Å². The fourth-order valence-corrected chi connectivity index (χ4v) is 4.17. The fraction of sp³-hybridized carbons (Fsp3) is 0.286. The number of nitrogens with one attached hydrogen (secondary N) is 1. The number of nitrogens with zero attached hydrogens (tertiary/aromatic N) is 3. The molecule has 1 unspecified atom stereocenters. The Labute approximate surface area is 159 Å². The summed E-state index contributed by atoms with van der Waals surface area (Å²) >= 11 is 2.50. The van der Waals surface area contributed by atoms with Crippen molar-refractivity contribution in [3.8, 4) is 0 Å².